The molecule has 2 aromatic carbocycles. The number of rotatable bonds is 4. The van der Waals surface area contributed by atoms with Crippen molar-refractivity contribution in [3.63, 3.8) is 0 Å². The molecule has 0 aliphatic rings. The number of para-hydroxylation sites is 1. The molecule has 0 heterocycles. The van der Waals surface area contributed by atoms with Gasteiger partial charge in [0.1, 0.15) is 11.5 Å². The summed E-state index contributed by atoms with van der Waals surface area (Å²) in [5.74, 6) is 1.93. The second kappa shape index (κ2) is 6.63. The van der Waals surface area contributed by atoms with E-state index in [1.54, 1.807) is 18.2 Å². The molecule has 0 bridgehead atoms. The van der Waals surface area contributed by atoms with Crippen LogP contribution in [0.4, 0.5) is 0 Å². The van der Waals surface area contributed by atoms with Crippen LogP contribution < -0.4 is 10.5 Å². The van der Waals surface area contributed by atoms with E-state index in [1.807, 2.05) is 18.2 Å². The number of nitrogens with two attached hydrogens (primary N) is 1. The molecule has 0 aliphatic carbocycles. The average molecular weight is 349 g/mol. The van der Waals surface area contributed by atoms with Crippen molar-refractivity contribution in [2.75, 3.05) is 0 Å². The molecule has 0 saturated heterocycles. The molecule has 0 aliphatic heterocycles. The monoisotopic (exact) mass is 348 g/mol. The summed E-state index contributed by atoms with van der Waals surface area (Å²) in [7, 11) is 0. The van der Waals surface area contributed by atoms with Crippen LogP contribution in [0.3, 0.4) is 0 Å². The zero-order chi connectivity index (χ0) is 15.4. The topological polar surface area (TPSA) is 67.8 Å². The third-order valence-corrected chi connectivity index (χ3v) is 3.72. The summed E-state index contributed by atoms with van der Waals surface area (Å²) in [6.07, 6.45) is 0. The van der Waals surface area contributed by atoms with Crippen LogP contribution in [0.15, 0.2) is 52.1 Å². The van der Waals surface area contributed by atoms with Crippen molar-refractivity contribution in [1.82, 2.24) is 0 Å². The summed E-state index contributed by atoms with van der Waals surface area (Å²) in [6, 6.07) is 13.2. The molecule has 0 aromatic heterocycles. The molecule has 0 fully saturated rings. The second-order valence-electron chi connectivity index (χ2n) is 4.93. The summed E-state index contributed by atoms with van der Waals surface area (Å²) >= 11 is 3.45. The highest BCUT2D eigenvalue weighted by molar-refractivity contribution is 9.10. The maximum absolute atomic E-state index is 8.70. The number of oxime groups is 1. The normalized spacial score (nSPS) is 11.7. The highest BCUT2D eigenvalue weighted by Crippen LogP contribution is 2.34. The molecule has 0 atom stereocenters. The maximum atomic E-state index is 8.70. The van der Waals surface area contributed by atoms with Crippen LogP contribution in [0.2, 0.25) is 0 Å². The third-order valence-electron chi connectivity index (χ3n) is 3.10. The quantitative estimate of drug-likeness (QED) is 0.371. The van der Waals surface area contributed by atoms with Crippen molar-refractivity contribution < 1.29 is 9.94 Å². The van der Waals surface area contributed by atoms with E-state index in [1.165, 1.54) is 0 Å². The van der Waals surface area contributed by atoms with Gasteiger partial charge in [0, 0.05) is 5.56 Å². The second-order valence-corrected chi connectivity index (χ2v) is 5.78. The summed E-state index contributed by atoms with van der Waals surface area (Å²) < 4.78 is 6.72. The molecule has 2 aromatic rings. The van der Waals surface area contributed by atoms with E-state index in [0.717, 1.165) is 15.8 Å². The lowest BCUT2D eigenvalue weighted by Gasteiger charge is -2.14. The van der Waals surface area contributed by atoms with Gasteiger partial charge in [0.25, 0.3) is 0 Å². The number of hydrogen-bond donors (Lipinski definition) is 2. The molecule has 3 N–H and O–H groups in total. The zero-order valence-corrected chi connectivity index (χ0v) is 13.5. The van der Waals surface area contributed by atoms with E-state index in [-0.39, 0.29) is 5.84 Å². The lowest BCUT2D eigenvalue weighted by molar-refractivity contribution is 0.318. The molecule has 0 radical (unpaired) electrons. The van der Waals surface area contributed by atoms with Gasteiger partial charge in [0.2, 0.25) is 0 Å². The van der Waals surface area contributed by atoms with Crippen molar-refractivity contribution >= 4 is 21.8 Å². The van der Waals surface area contributed by atoms with Crippen LogP contribution in [-0.2, 0) is 0 Å². The molecule has 4 nitrogen and oxygen atoms in total. The van der Waals surface area contributed by atoms with Crippen molar-refractivity contribution in [3.8, 4) is 11.5 Å². The third kappa shape index (κ3) is 3.55. The fraction of sp³-hybridized carbons (Fsp3) is 0.188. The Morgan fingerprint density at radius 2 is 1.90 bits per heavy atom. The van der Waals surface area contributed by atoms with E-state index in [0.29, 0.717) is 17.2 Å². The van der Waals surface area contributed by atoms with Gasteiger partial charge in [0.05, 0.1) is 4.47 Å². The molecule has 5 heteroatoms. The zero-order valence-electron chi connectivity index (χ0n) is 11.9. The first-order valence-corrected chi connectivity index (χ1v) is 7.36. The van der Waals surface area contributed by atoms with E-state index in [9.17, 15) is 0 Å². The van der Waals surface area contributed by atoms with Crippen molar-refractivity contribution in [2.24, 2.45) is 10.9 Å². The Morgan fingerprint density at radius 3 is 2.52 bits per heavy atom. The predicted molar refractivity (Wildman–Crippen MR) is 87.3 cm³/mol. The first-order valence-electron chi connectivity index (χ1n) is 6.57. The largest absolute Gasteiger partial charge is 0.456 e. The molecular weight excluding hydrogens is 332 g/mol. The smallest absolute Gasteiger partial charge is 0.170 e. The number of ether oxygens (including phenoxy) is 1. The summed E-state index contributed by atoms with van der Waals surface area (Å²) in [4.78, 5) is 0. The van der Waals surface area contributed by atoms with Crippen LogP contribution in [0.5, 0.6) is 11.5 Å². The van der Waals surface area contributed by atoms with Gasteiger partial charge in [-0.05, 0) is 51.7 Å². The van der Waals surface area contributed by atoms with E-state index < -0.39 is 0 Å². The fourth-order valence-electron chi connectivity index (χ4n) is 1.97. The molecule has 0 saturated carbocycles. The minimum Gasteiger partial charge on any atom is -0.456 e. The number of halogens is 1. The first kappa shape index (κ1) is 15.4. The summed E-state index contributed by atoms with van der Waals surface area (Å²) in [6.45, 7) is 4.25. The van der Waals surface area contributed by atoms with E-state index in [4.69, 9.17) is 15.7 Å². The van der Waals surface area contributed by atoms with Crippen molar-refractivity contribution in [3.05, 3.63) is 58.1 Å². The van der Waals surface area contributed by atoms with Gasteiger partial charge >= 0.3 is 0 Å². The molecule has 0 unspecified atom stereocenters. The molecule has 2 rings (SSSR count). The van der Waals surface area contributed by atoms with Gasteiger partial charge in [-0.1, -0.05) is 37.2 Å². The Hall–Kier alpha value is -2.01. The van der Waals surface area contributed by atoms with Gasteiger partial charge in [0.15, 0.2) is 5.84 Å². The van der Waals surface area contributed by atoms with Gasteiger partial charge < -0.3 is 15.7 Å². The molecule has 21 heavy (non-hydrogen) atoms. The average Bonchev–Trinajstić information content (AvgIpc) is 2.48. The van der Waals surface area contributed by atoms with Gasteiger partial charge in [-0.2, -0.15) is 0 Å². The lowest BCUT2D eigenvalue weighted by Crippen LogP contribution is -2.12. The number of hydrogen-bond acceptors (Lipinski definition) is 3. The molecular formula is C16H17BrN2O2. The van der Waals surface area contributed by atoms with Crippen molar-refractivity contribution in [2.45, 2.75) is 19.8 Å². The van der Waals surface area contributed by atoms with Gasteiger partial charge in [-0.3, -0.25) is 0 Å². The Kier molecular flexibility index (Phi) is 4.85. The Balaban J connectivity index is 2.33. The van der Waals surface area contributed by atoms with E-state index >= 15 is 0 Å². The highest BCUT2D eigenvalue weighted by Gasteiger charge is 2.11. The van der Waals surface area contributed by atoms with Crippen LogP contribution >= 0.6 is 15.9 Å². The fourth-order valence-corrected chi connectivity index (χ4v) is 2.43. The maximum Gasteiger partial charge on any atom is 0.170 e. The molecule has 0 spiro atoms. The minimum atomic E-state index is 0.0600. The highest BCUT2D eigenvalue weighted by atomic mass is 79.9. The van der Waals surface area contributed by atoms with Crippen LogP contribution in [0, 0.1) is 0 Å². The number of nitrogens with zero attached hydrogens (tertiary/aromatic N) is 1. The first-order chi connectivity index (χ1) is 10.0. The summed E-state index contributed by atoms with van der Waals surface area (Å²) in [5, 5.41) is 11.7. The minimum absolute atomic E-state index is 0.0600. The van der Waals surface area contributed by atoms with E-state index in [2.05, 4.69) is 41.0 Å². The Labute approximate surface area is 132 Å². The van der Waals surface area contributed by atoms with Gasteiger partial charge in [-0.15, -0.1) is 0 Å². The Morgan fingerprint density at radius 1 is 1.19 bits per heavy atom. The SMILES string of the molecule is CC(C)c1ccccc1Oc1ccc(/C(N)=N/O)cc1Br. The lowest BCUT2D eigenvalue weighted by atomic mass is 10.0. The molecule has 110 valence electrons. The van der Waals surface area contributed by atoms with Crippen molar-refractivity contribution in [1.29, 1.82) is 0 Å². The number of benzene rings is 2. The molecule has 0 amide bonds. The predicted octanol–water partition coefficient (Wildman–Crippen LogP) is 4.46. The standard InChI is InChI=1S/C16H17BrN2O2/c1-10(2)12-5-3-4-6-14(12)21-15-8-7-11(9-13(15)17)16(18)19-20/h3-10,20H,1-2H3,(H2,18,19). The van der Waals surface area contributed by atoms with Crippen LogP contribution in [0.25, 0.3) is 0 Å². The Bertz CT molecular complexity index is 669. The van der Waals surface area contributed by atoms with Gasteiger partial charge in [-0.25, -0.2) is 0 Å². The summed E-state index contributed by atoms with van der Waals surface area (Å²) in [5.41, 5.74) is 7.33. The van der Waals surface area contributed by atoms with Crippen LogP contribution in [0.1, 0.15) is 30.9 Å². The number of amidine groups is 1. The van der Waals surface area contributed by atoms with Crippen LogP contribution in [-0.4, -0.2) is 11.0 Å².